The van der Waals surface area contributed by atoms with Crippen molar-refractivity contribution >= 4 is 16.9 Å². The number of fused-ring (bicyclic) bond motifs is 1. The van der Waals surface area contributed by atoms with Gasteiger partial charge in [-0.15, -0.1) is 0 Å². The normalized spacial score (nSPS) is 13.8. The third-order valence-electron chi connectivity index (χ3n) is 4.69. The van der Waals surface area contributed by atoms with Gasteiger partial charge in [-0.3, -0.25) is 14.8 Å². The van der Waals surface area contributed by atoms with Gasteiger partial charge in [-0.05, 0) is 38.0 Å². The highest BCUT2D eigenvalue weighted by atomic mass is 16.5. The smallest absolute Gasteiger partial charge is 0.251 e. The van der Waals surface area contributed by atoms with Gasteiger partial charge in [0.1, 0.15) is 17.7 Å². The van der Waals surface area contributed by atoms with E-state index in [9.17, 15) is 4.79 Å². The number of hydrogen-bond donors (Lipinski definition) is 1. The fourth-order valence-electron chi connectivity index (χ4n) is 2.96. The summed E-state index contributed by atoms with van der Waals surface area (Å²) < 4.78 is 10.9. The highest BCUT2D eigenvalue weighted by molar-refractivity contribution is 6.00. The third-order valence-corrected chi connectivity index (χ3v) is 4.69. The maximum absolute atomic E-state index is 12.6. The molecule has 1 aromatic carbocycles. The Morgan fingerprint density at radius 2 is 2.14 bits per heavy atom. The van der Waals surface area contributed by atoms with Gasteiger partial charge >= 0.3 is 0 Å². The number of amides is 1. The molecule has 1 aliphatic carbocycles. The second-order valence-electron chi connectivity index (χ2n) is 6.92. The molecule has 5 rings (SSSR count). The summed E-state index contributed by atoms with van der Waals surface area (Å²) in [6.07, 6.45) is 7.13. The van der Waals surface area contributed by atoms with Crippen molar-refractivity contribution in [1.29, 1.82) is 0 Å². The van der Waals surface area contributed by atoms with Crippen molar-refractivity contribution in [1.82, 2.24) is 25.4 Å². The number of nitrogens with zero attached hydrogens (tertiary/aromatic N) is 4. The van der Waals surface area contributed by atoms with E-state index < -0.39 is 0 Å². The Bertz CT molecular complexity index is 1160. The van der Waals surface area contributed by atoms with Gasteiger partial charge in [0.05, 0.1) is 29.5 Å². The molecule has 3 heterocycles. The van der Waals surface area contributed by atoms with Gasteiger partial charge in [0.15, 0.2) is 11.5 Å². The number of aryl methyl sites for hydroxylation is 1. The Morgan fingerprint density at radius 3 is 2.93 bits per heavy atom. The first-order valence-corrected chi connectivity index (χ1v) is 9.08. The van der Waals surface area contributed by atoms with Gasteiger partial charge in [0, 0.05) is 17.7 Å². The van der Waals surface area contributed by atoms with Gasteiger partial charge in [-0.1, -0.05) is 5.16 Å². The Balaban J connectivity index is 1.38. The number of nitrogens with one attached hydrogen (secondary N) is 1. The van der Waals surface area contributed by atoms with Crippen molar-refractivity contribution in [2.45, 2.75) is 32.2 Å². The largest absolute Gasteiger partial charge is 0.448 e. The molecule has 0 bridgehead atoms. The zero-order chi connectivity index (χ0) is 19.1. The maximum Gasteiger partial charge on any atom is 0.251 e. The lowest BCUT2D eigenvalue weighted by atomic mass is 10.1. The predicted molar refractivity (Wildman–Crippen MR) is 99.4 cm³/mol. The Morgan fingerprint density at radius 1 is 1.25 bits per heavy atom. The molecule has 3 aromatic heterocycles. The fourth-order valence-corrected chi connectivity index (χ4v) is 2.96. The van der Waals surface area contributed by atoms with Crippen LogP contribution in [0.1, 0.15) is 46.4 Å². The zero-order valence-corrected chi connectivity index (χ0v) is 15.2. The summed E-state index contributed by atoms with van der Waals surface area (Å²) in [5.41, 5.74) is 3.81. The molecule has 1 N–H and O–H groups in total. The maximum atomic E-state index is 12.6. The van der Waals surface area contributed by atoms with E-state index in [1.807, 2.05) is 6.92 Å². The summed E-state index contributed by atoms with van der Waals surface area (Å²) in [6, 6.07) is 5.18. The van der Waals surface area contributed by atoms with Crippen LogP contribution in [0.15, 0.2) is 45.8 Å². The van der Waals surface area contributed by atoms with Crippen LogP contribution in [0, 0.1) is 6.92 Å². The highest BCUT2D eigenvalue weighted by Crippen LogP contribution is 2.40. The predicted octanol–water partition coefficient (Wildman–Crippen LogP) is 3.39. The van der Waals surface area contributed by atoms with Crippen LogP contribution in [0.2, 0.25) is 0 Å². The summed E-state index contributed by atoms with van der Waals surface area (Å²) in [4.78, 5) is 25.5. The molecule has 0 unspecified atom stereocenters. The third kappa shape index (κ3) is 3.13. The average Bonchev–Trinajstić information content (AvgIpc) is 3.30. The van der Waals surface area contributed by atoms with Crippen LogP contribution in [0.3, 0.4) is 0 Å². The first-order valence-electron chi connectivity index (χ1n) is 9.08. The molecule has 8 heteroatoms. The van der Waals surface area contributed by atoms with E-state index in [1.54, 1.807) is 36.9 Å². The average molecular weight is 375 g/mol. The number of oxazole rings is 1. The molecule has 140 valence electrons. The van der Waals surface area contributed by atoms with Crippen molar-refractivity contribution in [2.75, 3.05) is 0 Å². The number of rotatable bonds is 5. The van der Waals surface area contributed by atoms with Gasteiger partial charge in [-0.25, -0.2) is 4.98 Å². The van der Waals surface area contributed by atoms with Crippen LogP contribution < -0.4 is 5.32 Å². The molecule has 1 fully saturated rings. The van der Waals surface area contributed by atoms with Gasteiger partial charge in [0.2, 0.25) is 0 Å². The Kier molecular flexibility index (Phi) is 3.89. The molecule has 0 aliphatic heterocycles. The lowest BCUT2D eigenvalue weighted by Crippen LogP contribution is -2.23. The van der Waals surface area contributed by atoms with Crippen molar-refractivity contribution in [3.63, 3.8) is 0 Å². The molecule has 28 heavy (non-hydrogen) atoms. The molecular formula is C20H17N5O3. The second kappa shape index (κ2) is 6.56. The summed E-state index contributed by atoms with van der Waals surface area (Å²) in [5.74, 6) is 0.938. The molecule has 1 saturated carbocycles. The molecule has 0 atom stereocenters. The van der Waals surface area contributed by atoms with Crippen molar-refractivity contribution in [3.05, 3.63) is 59.7 Å². The summed E-state index contributed by atoms with van der Waals surface area (Å²) >= 11 is 0. The monoisotopic (exact) mass is 375 g/mol. The number of aromatic nitrogens is 4. The topological polar surface area (TPSA) is 107 Å². The van der Waals surface area contributed by atoms with E-state index in [1.165, 1.54) is 0 Å². The molecule has 0 spiro atoms. The minimum atomic E-state index is -0.213. The van der Waals surface area contributed by atoms with Crippen LogP contribution >= 0.6 is 0 Å². The van der Waals surface area contributed by atoms with E-state index in [0.29, 0.717) is 40.7 Å². The Labute approximate surface area is 160 Å². The van der Waals surface area contributed by atoms with Crippen LogP contribution in [0.25, 0.3) is 22.4 Å². The lowest BCUT2D eigenvalue weighted by molar-refractivity contribution is 0.0950. The lowest BCUT2D eigenvalue weighted by Gasteiger charge is -2.05. The quantitative estimate of drug-likeness (QED) is 0.570. The number of carbonyl (C=O) groups is 1. The fraction of sp³-hybridized carbons (Fsp3) is 0.250. The van der Waals surface area contributed by atoms with Gasteiger partial charge in [0.25, 0.3) is 5.91 Å². The van der Waals surface area contributed by atoms with Crippen LogP contribution in [0.5, 0.6) is 0 Å². The number of benzene rings is 1. The zero-order valence-electron chi connectivity index (χ0n) is 15.2. The molecule has 1 amide bonds. The van der Waals surface area contributed by atoms with Crippen molar-refractivity contribution < 1.29 is 13.7 Å². The van der Waals surface area contributed by atoms with E-state index in [4.69, 9.17) is 8.94 Å². The molecule has 0 saturated heterocycles. The number of carbonyl (C=O) groups excluding carboxylic acids is 1. The van der Waals surface area contributed by atoms with E-state index in [2.05, 4.69) is 25.4 Å². The molecule has 4 aromatic rings. The first-order chi connectivity index (χ1) is 13.7. The molecule has 1 aliphatic rings. The first kappa shape index (κ1) is 16.6. The standard InChI is InChI=1S/C20H17N5O3/c1-11-7-22-14(8-21-11)9-23-19(26)13-4-5-17-15(6-13)18(25-28-17)16-10-27-20(24-16)12-2-3-12/h4-8,10,12H,2-3,9H2,1H3,(H,23,26). The molecular weight excluding hydrogens is 358 g/mol. The van der Waals surface area contributed by atoms with Crippen LogP contribution in [0.4, 0.5) is 0 Å². The van der Waals surface area contributed by atoms with Crippen LogP contribution in [-0.4, -0.2) is 26.0 Å². The Hall–Kier alpha value is -3.55. The van der Waals surface area contributed by atoms with E-state index in [-0.39, 0.29) is 5.91 Å². The van der Waals surface area contributed by atoms with E-state index >= 15 is 0 Å². The second-order valence-corrected chi connectivity index (χ2v) is 6.92. The van der Waals surface area contributed by atoms with E-state index in [0.717, 1.165) is 29.8 Å². The summed E-state index contributed by atoms with van der Waals surface area (Å²) in [6.45, 7) is 2.16. The SMILES string of the molecule is Cc1cnc(CNC(=O)c2ccc3onc(-c4coc(C5CC5)n4)c3c2)cn1. The summed E-state index contributed by atoms with van der Waals surface area (Å²) in [7, 11) is 0. The van der Waals surface area contributed by atoms with Gasteiger partial charge in [-0.2, -0.15) is 0 Å². The number of hydrogen-bond acceptors (Lipinski definition) is 7. The van der Waals surface area contributed by atoms with Gasteiger partial charge < -0.3 is 14.3 Å². The molecule has 0 radical (unpaired) electrons. The molecule has 8 nitrogen and oxygen atoms in total. The highest BCUT2D eigenvalue weighted by Gasteiger charge is 2.29. The van der Waals surface area contributed by atoms with Crippen molar-refractivity contribution in [3.8, 4) is 11.4 Å². The minimum Gasteiger partial charge on any atom is -0.448 e. The van der Waals surface area contributed by atoms with Crippen molar-refractivity contribution in [2.24, 2.45) is 0 Å². The van der Waals surface area contributed by atoms with Crippen LogP contribution in [-0.2, 0) is 6.54 Å². The minimum absolute atomic E-state index is 0.213. The summed E-state index contributed by atoms with van der Waals surface area (Å²) in [5, 5.41) is 7.69.